The van der Waals surface area contributed by atoms with Crippen LogP contribution in [-0.2, 0) is 9.53 Å². The highest BCUT2D eigenvalue weighted by Crippen LogP contribution is 2.24. The van der Waals surface area contributed by atoms with Gasteiger partial charge in [0.1, 0.15) is 0 Å². The van der Waals surface area contributed by atoms with Gasteiger partial charge in [0.15, 0.2) is 0 Å². The molecule has 1 saturated carbocycles. The Morgan fingerprint density at radius 1 is 1.39 bits per heavy atom. The third-order valence-corrected chi connectivity index (χ3v) is 3.58. The number of carbonyl (C=O) groups is 1. The number of methoxy groups -OCH3 is 1. The average molecular weight is 253 g/mol. The SMILES string of the molecule is COC(=O)C(C)=CCN(CC(C)C)C1CCCC1. The Bertz CT molecular complexity index is 291. The van der Waals surface area contributed by atoms with Crippen LogP contribution in [0.25, 0.3) is 0 Å². The fourth-order valence-corrected chi connectivity index (χ4v) is 2.61. The van der Waals surface area contributed by atoms with Crippen molar-refractivity contribution >= 4 is 5.97 Å². The number of rotatable bonds is 6. The van der Waals surface area contributed by atoms with E-state index < -0.39 is 0 Å². The van der Waals surface area contributed by atoms with Crippen LogP contribution >= 0.6 is 0 Å². The molecule has 104 valence electrons. The second-order valence-electron chi connectivity index (χ2n) is 5.66. The summed E-state index contributed by atoms with van der Waals surface area (Å²) in [6.45, 7) is 8.30. The van der Waals surface area contributed by atoms with E-state index in [0.29, 0.717) is 17.5 Å². The summed E-state index contributed by atoms with van der Waals surface area (Å²) in [5.74, 6) is 0.448. The van der Waals surface area contributed by atoms with Gasteiger partial charge >= 0.3 is 5.97 Å². The van der Waals surface area contributed by atoms with Crippen LogP contribution in [0.1, 0.15) is 46.5 Å². The van der Waals surface area contributed by atoms with Crippen molar-refractivity contribution in [3.05, 3.63) is 11.6 Å². The van der Waals surface area contributed by atoms with Gasteiger partial charge in [-0.05, 0) is 25.7 Å². The molecule has 18 heavy (non-hydrogen) atoms. The van der Waals surface area contributed by atoms with E-state index in [1.165, 1.54) is 32.8 Å². The van der Waals surface area contributed by atoms with Crippen molar-refractivity contribution in [2.24, 2.45) is 5.92 Å². The van der Waals surface area contributed by atoms with Gasteiger partial charge in [-0.15, -0.1) is 0 Å². The van der Waals surface area contributed by atoms with E-state index in [2.05, 4.69) is 18.7 Å². The molecule has 0 atom stereocenters. The van der Waals surface area contributed by atoms with Crippen molar-refractivity contribution < 1.29 is 9.53 Å². The van der Waals surface area contributed by atoms with Crippen LogP contribution in [0.4, 0.5) is 0 Å². The maximum Gasteiger partial charge on any atom is 0.333 e. The highest BCUT2D eigenvalue weighted by molar-refractivity contribution is 5.87. The maximum atomic E-state index is 11.4. The summed E-state index contributed by atoms with van der Waals surface area (Å²) in [6, 6.07) is 0.703. The average Bonchev–Trinajstić information content (AvgIpc) is 2.86. The van der Waals surface area contributed by atoms with Crippen molar-refractivity contribution in [3.8, 4) is 0 Å². The summed E-state index contributed by atoms with van der Waals surface area (Å²) in [4.78, 5) is 13.9. The minimum absolute atomic E-state index is 0.217. The monoisotopic (exact) mass is 253 g/mol. The summed E-state index contributed by atoms with van der Waals surface area (Å²) in [6.07, 6.45) is 7.31. The van der Waals surface area contributed by atoms with Crippen LogP contribution in [0.3, 0.4) is 0 Å². The molecule has 0 radical (unpaired) electrons. The van der Waals surface area contributed by atoms with Gasteiger partial charge in [0.05, 0.1) is 7.11 Å². The molecule has 0 saturated heterocycles. The Morgan fingerprint density at radius 3 is 2.50 bits per heavy atom. The Hall–Kier alpha value is -0.830. The van der Waals surface area contributed by atoms with Crippen molar-refractivity contribution in [2.45, 2.75) is 52.5 Å². The first kappa shape index (κ1) is 15.2. The number of carbonyl (C=O) groups excluding carboxylic acids is 1. The van der Waals surface area contributed by atoms with Crippen molar-refractivity contribution in [2.75, 3.05) is 20.2 Å². The first-order valence-corrected chi connectivity index (χ1v) is 7.03. The number of hydrogen-bond donors (Lipinski definition) is 0. The molecule has 0 bridgehead atoms. The first-order valence-electron chi connectivity index (χ1n) is 7.03. The van der Waals surface area contributed by atoms with Crippen LogP contribution in [0, 0.1) is 5.92 Å². The van der Waals surface area contributed by atoms with Gasteiger partial charge in [0.2, 0.25) is 0 Å². The molecule has 0 aromatic rings. The molecule has 1 aliphatic carbocycles. The largest absolute Gasteiger partial charge is 0.466 e. The van der Waals surface area contributed by atoms with Gasteiger partial charge in [-0.2, -0.15) is 0 Å². The van der Waals surface area contributed by atoms with E-state index in [1.807, 2.05) is 13.0 Å². The van der Waals surface area contributed by atoms with Crippen LogP contribution in [0.15, 0.2) is 11.6 Å². The molecule has 0 spiro atoms. The molecule has 0 aliphatic heterocycles. The van der Waals surface area contributed by atoms with E-state index in [4.69, 9.17) is 4.74 Å². The smallest absolute Gasteiger partial charge is 0.333 e. The van der Waals surface area contributed by atoms with Crippen molar-refractivity contribution in [1.82, 2.24) is 4.90 Å². The molecule has 3 nitrogen and oxygen atoms in total. The molecule has 0 amide bonds. The fraction of sp³-hybridized carbons (Fsp3) is 0.800. The summed E-state index contributed by atoms with van der Waals surface area (Å²) < 4.78 is 4.73. The molecule has 1 fully saturated rings. The zero-order valence-electron chi connectivity index (χ0n) is 12.2. The second kappa shape index (κ2) is 7.57. The lowest BCUT2D eigenvalue weighted by molar-refractivity contribution is -0.136. The lowest BCUT2D eigenvalue weighted by atomic mass is 10.1. The molecular formula is C15H27NO2. The third kappa shape index (κ3) is 4.81. The van der Waals surface area contributed by atoms with Gasteiger partial charge in [-0.1, -0.05) is 32.8 Å². The topological polar surface area (TPSA) is 29.5 Å². The molecule has 0 aromatic carbocycles. The molecule has 1 aliphatic rings. The van der Waals surface area contributed by atoms with Crippen LogP contribution in [0.2, 0.25) is 0 Å². The second-order valence-corrected chi connectivity index (χ2v) is 5.66. The predicted molar refractivity (Wildman–Crippen MR) is 74.4 cm³/mol. The van der Waals surface area contributed by atoms with Gasteiger partial charge in [0.25, 0.3) is 0 Å². The van der Waals surface area contributed by atoms with Gasteiger partial charge in [-0.3, -0.25) is 4.90 Å². The summed E-state index contributed by atoms with van der Waals surface area (Å²) in [5, 5.41) is 0. The predicted octanol–water partition coefficient (Wildman–Crippen LogP) is 3.01. The van der Waals surface area contributed by atoms with E-state index in [1.54, 1.807) is 0 Å². The Morgan fingerprint density at radius 2 is 2.00 bits per heavy atom. The highest BCUT2D eigenvalue weighted by atomic mass is 16.5. The molecule has 0 N–H and O–H groups in total. The minimum Gasteiger partial charge on any atom is -0.466 e. The zero-order valence-corrected chi connectivity index (χ0v) is 12.2. The molecule has 3 heteroatoms. The van der Waals surface area contributed by atoms with Crippen LogP contribution in [-0.4, -0.2) is 37.1 Å². The van der Waals surface area contributed by atoms with Crippen LogP contribution < -0.4 is 0 Å². The fourth-order valence-electron chi connectivity index (χ4n) is 2.61. The lowest BCUT2D eigenvalue weighted by Crippen LogP contribution is -2.36. The number of nitrogens with zero attached hydrogens (tertiary/aromatic N) is 1. The standard InChI is InChI=1S/C15H27NO2/c1-12(2)11-16(14-7-5-6-8-14)10-9-13(3)15(17)18-4/h9,12,14H,5-8,10-11H2,1-4H3. The highest BCUT2D eigenvalue weighted by Gasteiger charge is 2.22. The van der Waals surface area contributed by atoms with Crippen molar-refractivity contribution in [3.63, 3.8) is 0 Å². The van der Waals surface area contributed by atoms with E-state index in [-0.39, 0.29) is 5.97 Å². The summed E-state index contributed by atoms with van der Waals surface area (Å²) in [7, 11) is 1.43. The summed E-state index contributed by atoms with van der Waals surface area (Å²) in [5.41, 5.74) is 0.712. The molecule has 0 aromatic heterocycles. The quantitative estimate of drug-likeness (QED) is 0.538. The van der Waals surface area contributed by atoms with Gasteiger partial charge < -0.3 is 4.74 Å². The molecule has 0 heterocycles. The minimum atomic E-state index is -0.217. The summed E-state index contributed by atoms with van der Waals surface area (Å²) >= 11 is 0. The molecular weight excluding hydrogens is 226 g/mol. The van der Waals surface area contributed by atoms with Crippen molar-refractivity contribution in [1.29, 1.82) is 0 Å². The van der Waals surface area contributed by atoms with Gasteiger partial charge in [-0.25, -0.2) is 4.79 Å². The Balaban J connectivity index is 2.57. The normalized spacial score (nSPS) is 17.8. The number of hydrogen-bond acceptors (Lipinski definition) is 3. The Labute approximate surface area is 111 Å². The van der Waals surface area contributed by atoms with E-state index >= 15 is 0 Å². The number of esters is 1. The third-order valence-electron chi connectivity index (χ3n) is 3.58. The lowest BCUT2D eigenvalue weighted by Gasteiger charge is -2.29. The van der Waals surface area contributed by atoms with Crippen LogP contribution in [0.5, 0.6) is 0 Å². The zero-order chi connectivity index (χ0) is 13.5. The number of ether oxygens (including phenoxy) is 1. The van der Waals surface area contributed by atoms with Gasteiger partial charge in [0, 0.05) is 24.7 Å². The first-order chi connectivity index (χ1) is 8.54. The van der Waals surface area contributed by atoms with E-state index in [9.17, 15) is 4.79 Å². The maximum absolute atomic E-state index is 11.4. The molecule has 0 unspecified atom stereocenters. The van der Waals surface area contributed by atoms with E-state index in [0.717, 1.165) is 13.1 Å². The molecule has 1 rings (SSSR count). The Kier molecular flexibility index (Phi) is 6.41.